The minimum Gasteiger partial charge on any atom is -0.493 e. The van der Waals surface area contributed by atoms with E-state index in [4.69, 9.17) is 9.47 Å². The fourth-order valence-corrected chi connectivity index (χ4v) is 3.99. The first-order valence-electron chi connectivity index (χ1n) is 9.27. The molecule has 146 valence electrons. The van der Waals surface area contributed by atoms with Crippen LogP contribution in [0.2, 0.25) is 0 Å². The number of Topliss-reactive ketones (excluding diaryl/α,β-unsaturated/α-hetero) is 1. The molecule has 3 aromatic rings. The number of fused-ring (bicyclic) bond motifs is 1. The van der Waals surface area contributed by atoms with Crippen molar-refractivity contribution >= 4 is 11.6 Å². The molecule has 8 nitrogen and oxygen atoms in total. The number of hydrogen-bond donors (Lipinski definition) is 1. The third kappa shape index (κ3) is 3.09. The van der Waals surface area contributed by atoms with Crippen molar-refractivity contribution in [3.63, 3.8) is 0 Å². The molecular formula is C20H23N5O3. The minimum absolute atomic E-state index is 0.0463. The van der Waals surface area contributed by atoms with Gasteiger partial charge in [0.2, 0.25) is 0 Å². The summed E-state index contributed by atoms with van der Waals surface area (Å²) < 4.78 is 12.6. The molecule has 0 aliphatic carbocycles. The molecule has 1 aliphatic heterocycles. The highest BCUT2D eigenvalue weighted by atomic mass is 16.5. The molecule has 8 heteroatoms. The Labute approximate surface area is 162 Å². The number of benzene rings is 1. The molecule has 0 spiro atoms. The van der Waals surface area contributed by atoms with Gasteiger partial charge in [-0.2, -0.15) is 10.1 Å². The predicted octanol–water partition coefficient (Wildman–Crippen LogP) is 2.03. The lowest BCUT2D eigenvalue weighted by atomic mass is 9.78. The van der Waals surface area contributed by atoms with Crippen molar-refractivity contribution in [2.24, 2.45) is 5.92 Å². The van der Waals surface area contributed by atoms with Crippen LogP contribution in [0.15, 0.2) is 30.6 Å². The number of nitrogens with one attached hydrogen (secondary N) is 1. The Hall–Kier alpha value is -3.00. The number of carbonyl (C=O) groups is 1. The summed E-state index contributed by atoms with van der Waals surface area (Å²) in [4.78, 5) is 22.2. The predicted molar refractivity (Wildman–Crippen MR) is 103 cm³/mol. The molecule has 2 atom stereocenters. The van der Waals surface area contributed by atoms with Gasteiger partial charge in [-0.1, -0.05) is 6.07 Å². The Morgan fingerprint density at radius 1 is 1.29 bits per heavy atom. The standard InChI is InChI=1S/C20H23N5O3/c1-12-9-16(25-20(24-12)22-11-23-25)15-10-21-8-7-13(15)18(26)14-5-4-6-17(27-2)19(14)28-3/h4-6,9,11,13,15,21H,7-8,10H2,1-3H3. The maximum atomic E-state index is 13.6. The van der Waals surface area contributed by atoms with E-state index >= 15 is 0 Å². The topological polar surface area (TPSA) is 90.6 Å². The van der Waals surface area contributed by atoms with E-state index in [-0.39, 0.29) is 17.6 Å². The zero-order valence-corrected chi connectivity index (χ0v) is 16.2. The first-order valence-corrected chi connectivity index (χ1v) is 9.27. The fraction of sp³-hybridized carbons (Fsp3) is 0.400. The number of aryl methyl sites for hydroxylation is 1. The number of methoxy groups -OCH3 is 2. The highest BCUT2D eigenvalue weighted by molar-refractivity contribution is 6.01. The second-order valence-electron chi connectivity index (χ2n) is 6.91. The van der Waals surface area contributed by atoms with E-state index in [9.17, 15) is 4.79 Å². The number of hydrogen-bond acceptors (Lipinski definition) is 7. The smallest absolute Gasteiger partial charge is 0.252 e. The number of aromatic nitrogens is 4. The van der Waals surface area contributed by atoms with Gasteiger partial charge in [-0.3, -0.25) is 4.79 Å². The van der Waals surface area contributed by atoms with E-state index in [1.165, 1.54) is 6.33 Å². The summed E-state index contributed by atoms with van der Waals surface area (Å²) in [6, 6.07) is 7.39. The molecule has 1 aliphatic rings. The number of para-hydroxylation sites is 1. The Morgan fingerprint density at radius 2 is 2.14 bits per heavy atom. The first-order chi connectivity index (χ1) is 13.6. The summed E-state index contributed by atoms with van der Waals surface area (Å²) in [5.41, 5.74) is 2.33. The number of ketones is 1. The number of carbonyl (C=O) groups excluding carboxylic acids is 1. The maximum absolute atomic E-state index is 13.6. The van der Waals surface area contributed by atoms with E-state index in [1.54, 1.807) is 30.9 Å². The third-order valence-corrected chi connectivity index (χ3v) is 5.27. The monoisotopic (exact) mass is 381 g/mol. The first kappa shape index (κ1) is 18.4. The van der Waals surface area contributed by atoms with Crippen LogP contribution in [0, 0.1) is 12.8 Å². The largest absolute Gasteiger partial charge is 0.493 e. The van der Waals surface area contributed by atoms with Crippen molar-refractivity contribution in [3.8, 4) is 11.5 Å². The van der Waals surface area contributed by atoms with Crippen LogP contribution in [0.25, 0.3) is 5.78 Å². The molecule has 4 rings (SSSR count). The van der Waals surface area contributed by atoms with Crippen LogP contribution >= 0.6 is 0 Å². The highest BCUT2D eigenvalue weighted by Gasteiger charge is 2.36. The molecule has 3 heterocycles. The van der Waals surface area contributed by atoms with E-state index in [1.807, 2.05) is 19.1 Å². The van der Waals surface area contributed by atoms with Gasteiger partial charge in [0.25, 0.3) is 5.78 Å². The Balaban J connectivity index is 1.78. The van der Waals surface area contributed by atoms with E-state index in [2.05, 4.69) is 20.4 Å². The van der Waals surface area contributed by atoms with Crippen LogP contribution in [0.5, 0.6) is 11.5 Å². The van der Waals surface area contributed by atoms with Crippen LogP contribution in [-0.4, -0.2) is 52.7 Å². The Morgan fingerprint density at radius 3 is 2.93 bits per heavy atom. The third-order valence-electron chi connectivity index (χ3n) is 5.27. The summed E-state index contributed by atoms with van der Waals surface area (Å²) in [6.45, 7) is 3.39. The molecule has 1 fully saturated rings. The zero-order valence-electron chi connectivity index (χ0n) is 16.2. The lowest BCUT2D eigenvalue weighted by Gasteiger charge is -2.32. The number of ether oxygens (including phenoxy) is 2. The van der Waals surface area contributed by atoms with Gasteiger partial charge in [-0.15, -0.1) is 0 Å². The summed E-state index contributed by atoms with van der Waals surface area (Å²) in [6.07, 6.45) is 2.21. The average molecular weight is 381 g/mol. The maximum Gasteiger partial charge on any atom is 0.252 e. The van der Waals surface area contributed by atoms with Crippen LogP contribution < -0.4 is 14.8 Å². The lowest BCUT2D eigenvalue weighted by molar-refractivity contribution is 0.0869. The van der Waals surface area contributed by atoms with Crippen LogP contribution in [0.4, 0.5) is 0 Å². The van der Waals surface area contributed by atoms with Crippen LogP contribution in [0.1, 0.15) is 34.1 Å². The SMILES string of the molecule is COc1cccc(C(=O)C2CCNCC2c2cc(C)nc3ncnn23)c1OC. The average Bonchev–Trinajstić information content (AvgIpc) is 3.20. The van der Waals surface area contributed by atoms with Crippen LogP contribution in [-0.2, 0) is 0 Å². The molecule has 1 aromatic carbocycles. The molecule has 0 bridgehead atoms. The second kappa shape index (κ2) is 7.55. The van der Waals surface area contributed by atoms with Gasteiger partial charge in [0.1, 0.15) is 6.33 Å². The molecule has 0 saturated carbocycles. The lowest BCUT2D eigenvalue weighted by Crippen LogP contribution is -2.40. The number of nitrogens with zero attached hydrogens (tertiary/aromatic N) is 4. The molecule has 28 heavy (non-hydrogen) atoms. The van der Waals surface area contributed by atoms with Gasteiger partial charge in [0.05, 0.1) is 25.5 Å². The zero-order chi connectivity index (χ0) is 19.7. The van der Waals surface area contributed by atoms with E-state index in [0.717, 1.165) is 24.4 Å². The second-order valence-corrected chi connectivity index (χ2v) is 6.91. The summed E-state index contributed by atoms with van der Waals surface area (Å²) in [5, 5.41) is 7.73. The van der Waals surface area contributed by atoms with Gasteiger partial charge < -0.3 is 14.8 Å². The molecule has 1 saturated heterocycles. The molecular weight excluding hydrogens is 358 g/mol. The van der Waals surface area contributed by atoms with Gasteiger partial charge >= 0.3 is 0 Å². The number of rotatable bonds is 5. The highest BCUT2D eigenvalue weighted by Crippen LogP contribution is 2.37. The molecule has 2 unspecified atom stereocenters. The minimum atomic E-state index is -0.212. The van der Waals surface area contributed by atoms with Gasteiger partial charge in [0.15, 0.2) is 17.3 Å². The van der Waals surface area contributed by atoms with Crippen molar-refractivity contribution < 1.29 is 14.3 Å². The normalized spacial score (nSPS) is 19.5. The van der Waals surface area contributed by atoms with Crippen LogP contribution in [0.3, 0.4) is 0 Å². The van der Waals surface area contributed by atoms with E-state index < -0.39 is 0 Å². The summed E-state index contributed by atoms with van der Waals surface area (Å²) in [7, 11) is 3.13. The molecule has 0 amide bonds. The molecule has 0 radical (unpaired) electrons. The van der Waals surface area contributed by atoms with Crippen molar-refractivity contribution in [2.75, 3.05) is 27.3 Å². The molecule has 1 N–H and O–H groups in total. The fourth-order valence-electron chi connectivity index (χ4n) is 3.99. The van der Waals surface area contributed by atoms with Crippen molar-refractivity contribution in [1.82, 2.24) is 24.9 Å². The quantitative estimate of drug-likeness (QED) is 0.676. The van der Waals surface area contributed by atoms with Gasteiger partial charge in [-0.25, -0.2) is 9.50 Å². The summed E-state index contributed by atoms with van der Waals surface area (Å²) in [5.74, 6) is 1.36. The van der Waals surface area contributed by atoms with Crippen molar-refractivity contribution in [3.05, 3.63) is 47.5 Å². The van der Waals surface area contributed by atoms with Crippen molar-refractivity contribution in [2.45, 2.75) is 19.3 Å². The number of piperidine rings is 1. The Kier molecular flexibility index (Phi) is 4.95. The van der Waals surface area contributed by atoms with Crippen molar-refractivity contribution in [1.29, 1.82) is 0 Å². The van der Waals surface area contributed by atoms with E-state index in [0.29, 0.717) is 29.4 Å². The summed E-state index contributed by atoms with van der Waals surface area (Å²) >= 11 is 0. The Bertz CT molecular complexity index is 1020. The van der Waals surface area contributed by atoms with Gasteiger partial charge in [-0.05, 0) is 38.1 Å². The molecule has 2 aromatic heterocycles. The van der Waals surface area contributed by atoms with Gasteiger partial charge in [0, 0.05) is 24.1 Å².